The zero-order valence-electron chi connectivity index (χ0n) is 10.5. The van der Waals surface area contributed by atoms with Crippen molar-refractivity contribution in [2.24, 2.45) is 5.41 Å². The molecule has 3 N–H and O–H groups in total. The maximum absolute atomic E-state index is 11.9. The molecule has 0 aromatic heterocycles. The number of nitrogens with one attached hydrogen (secondary N) is 2. The van der Waals surface area contributed by atoms with Crippen LogP contribution in [0.25, 0.3) is 0 Å². The van der Waals surface area contributed by atoms with E-state index >= 15 is 0 Å². The molecule has 0 aromatic carbocycles. The number of aliphatic hydroxyl groups is 1. The molecule has 0 bridgehead atoms. The van der Waals surface area contributed by atoms with Gasteiger partial charge in [0.1, 0.15) is 0 Å². The smallest absolute Gasteiger partial charge is 0.396 e. The van der Waals surface area contributed by atoms with Crippen LogP contribution in [0.4, 0.5) is 13.2 Å². The normalized spacial score (nSPS) is 19.4. The zero-order chi connectivity index (χ0) is 13.4. The third-order valence-electron chi connectivity index (χ3n) is 2.83. The Bertz CT molecular complexity index is 192. The summed E-state index contributed by atoms with van der Waals surface area (Å²) >= 11 is 0. The van der Waals surface area contributed by atoms with Crippen LogP contribution < -0.4 is 10.6 Å². The summed E-state index contributed by atoms with van der Waals surface area (Å²) in [6.45, 7) is 4.70. The second-order valence-corrected chi connectivity index (χ2v) is 4.13. The third-order valence-corrected chi connectivity index (χ3v) is 2.83. The van der Waals surface area contributed by atoms with E-state index in [0.29, 0.717) is 12.8 Å². The molecule has 1 saturated heterocycles. The Balaban J connectivity index is 0.00000121. The Hall–Kier alpha value is -0.330. The van der Waals surface area contributed by atoms with Crippen LogP contribution in [-0.2, 0) is 0 Å². The van der Waals surface area contributed by atoms with Crippen molar-refractivity contribution in [3.05, 3.63) is 0 Å². The summed E-state index contributed by atoms with van der Waals surface area (Å²) in [7, 11) is 0. The van der Waals surface area contributed by atoms with Crippen molar-refractivity contribution in [1.29, 1.82) is 0 Å². The Kier molecular flexibility index (Phi) is 7.74. The number of hydrogen-bond acceptors (Lipinski definition) is 3. The molecule has 0 amide bonds. The molecule has 104 valence electrons. The molecule has 0 atom stereocenters. The largest absolute Gasteiger partial charge is 0.401 e. The molecule has 6 heteroatoms. The van der Waals surface area contributed by atoms with Crippen LogP contribution in [0, 0.1) is 5.41 Å². The minimum atomic E-state index is -4.18. The van der Waals surface area contributed by atoms with Gasteiger partial charge in [-0.15, -0.1) is 0 Å². The molecule has 1 aliphatic heterocycles. The number of piperidine rings is 1. The first-order valence-electron chi connectivity index (χ1n) is 6.07. The Morgan fingerprint density at radius 1 is 1.24 bits per heavy atom. The highest BCUT2D eigenvalue weighted by Crippen LogP contribution is 2.27. The lowest BCUT2D eigenvalue weighted by Gasteiger charge is -2.36. The predicted molar refractivity (Wildman–Crippen MR) is 61.9 cm³/mol. The van der Waals surface area contributed by atoms with E-state index < -0.39 is 12.7 Å². The molecule has 1 rings (SSSR count). The van der Waals surface area contributed by atoms with Gasteiger partial charge in [0.05, 0.1) is 13.2 Å². The van der Waals surface area contributed by atoms with Crippen molar-refractivity contribution in [1.82, 2.24) is 10.6 Å². The highest BCUT2D eigenvalue weighted by Gasteiger charge is 2.33. The van der Waals surface area contributed by atoms with Crippen LogP contribution >= 0.6 is 0 Å². The van der Waals surface area contributed by atoms with Crippen molar-refractivity contribution >= 4 is 0 Å². The van der Waals surface area contributed by atoms with Gasteiger partial charge < -0.3 is 15.7 Å². The molecular weight excluding hydrogens is 233 g/mol. The molecule has 0 aromatic rings. The third kappa shape index (κ3) is 6.85. The fourth-order valence-corrected chi connectivity index (χ4v) is 1.82. The number of halogens is 3. The molecule has 0 saturated carbocycles. The summed E-state index contributed by atoms with van der Waals surface area (Å²) in [4.78, 5) is 0. The van der Waals surface area contributed by atoms with Gasteiger partial charge in [-0.25, -0.2) is 0 Å². The van der Waals surface area contributed by atoms with Crippen LogP contribution in [0.3, 0.4) is 0 Å². The summed E-state index contributed by atoms with van der Waals surface area (Å²) < 4.78 is 35.7. The van der Waals surface area contributed by atoms with Crippen LogP contribution in [-0.4, -0.2) is 44.1 Å². The first-order chi connectivity index (χ1) is 7.97. The van der Waals surface area contributed by atoms with E-state index in [4.69, 9.17) is 0 Å². The number of hydrogen-bond donors (Lipinski definition) is 3. The monoisotopic (exact) mass is 256 g/mol. The van der Waals surface area contributed by atoms with Gasteiger partial charge in [-0.3, -0.25) is 0 Å². The molecule has 1 heterocycles. The molecule has 1 aliphatic rings. The second kappa shape index (κ2) is 7.89. The van der Waals surface area contributed by atoms with E-state index in [-0.39, 0.29) is 18.6 Å². The molecule has 17 heavy (non-hydrogen) atoms. The topological polar surface area (TPSA) is 44.3 Å². The molecule has 0 aliphatic carbocycles. The van der Waals surface area contributed by atoms with E-state index in [1.807, 2.05) is 13.8 Å². The lowest BCUT2D eigenvalue weighted by atomic mass is 9.79. The first kappa shape index (κ1) is 16.7. The Morgan fingerprint density at radius 3 is 2.18 bits per heavy atom. The van der Waals surface area contributed by atoms with Gasteiger partial charge in [-0.2, -0.15) is 13.2 Å². The van der Waals surface area contributed by atoms with Crippen molar-refractivity contribution < 1.29 is 18.3 Å². The van der Waals surface area contributed by atoms with E-state index in [2.05, 4.69) is 10.6 Å². The van der Waals surface area contributed by atoms with Gasteiger partial charge in [0.25, 0.3) is 0 Å². The van der Waals surface area contributed by atoms with Gasteiger partial charge >= 0.3 is 6.18 Å². The van der Waals surface area contributed by atoms with E-state index in [9.17, 15) is 18.3 Å². The fourth-order valence-electron chi connectivity index (χ4n) is 1.82. The van der Waals surface area contributed by atoms with Crippen molar-refractivity contribution in [3.63, 3.8) is 0 Å². The maximum Gasteiger partial charge on any atom is 0.401 e. The zero-order valence-corrected chi connectivity index (χ0v) is 10.5. The summed E-state index contributed by atoms with van der Waals surface area (Å²) in [5, 5.41) is 14.7. The summed E-state index contributed by atoms with van der Waals surface area (Å²) in [5.74, 6) is 0. The Morgan fingerprint density at radius 2 is 1.76 bits per heavy atom. The van der Waals surface area contributed by atoms with Gasteiger partial charge in [0.2, 0.25) is 0 Å². The van der Waals surface area contributed by atoms with Gasteiger partial charge in [0, 0.05) is 12.0 Å². The van der Waals surface area contributed by atoms with Crippen LogP contribution in [0.5, 0.6) is 0 Å². The summed E-state index contributed by atoms with van der Waals surface area (Å²) in [6.07, 6.45) is -2.74. The van der Waals surface area contributed by atoms with Gasteiger partial charge in [-0.05, 0) is 25.9 Å². The SMILES string of the molecule is CC.OCC1(CNCC(F)(F)F)CCNCC1. The summed E-state index contributed by atoms with van der Waals surface area (Å²) in [6, 6.07) is 0. The number of alkyl halides is 3. The van der Waals surface area contributed by atoms with E-state index in [0.717, 1.165) is 13.1 Å². The van der Waals surface area contributed by atoms with Crippen molar-refractivity contribution in [2.75, 3.05) is 32.8 Å². The van der Waals surface area contributed by atoms with E-state index in [1.54, 1.807) is 0 Å². The van der Waals surface area contributed by atoms with Crippen LogP contribution in [0.15, 0.2) is 0 Å². The summed E-state index contributed by atoms with van der Waals surface area (Å²) in [5.41, 5.74) is -0.378. The molecular formula is C11H23F3N2O. The molecule has 3 nitrogen and oxygen atoms in total. The van der Waals surface area contributed by atoms with Crippen LogP contribution in [0.1, 0.15) is 26.7 Å². The Labute approximate surface area is 101 Å². The van der Waals surface area contributed by atoms with Crippen molar-refractivity contribution in [3.8, 4) is 0 Å². The second-order valence-electron chi connectivity index (χ2n) is 4.13. The molecule has 0 unspecified atom stereocenters. The average Bonchev–Trinajstić information content (AvgIpc) is 2.31. The minimum absolute atomic E-state index is 0.0560. The fraction of sp³-hybridized carbons (Fsp3) is 1.00. The van der Waals surface area contributed by atoms with Crippen molar-refractivity contribution in [2.45, 2.75) is 32.9 Å². The highest BCUT2D eigenvalue weighted by molar-refractivity contribution is 4.86. The highest BCUT2D eigenvalue weighted by atomic mass is 19.4. The quantitative estimate of drug-likeness (QED) is 0.714. The maximum atomic E-state index is 11.9. The molecule has 0 spiro atoms. The average molecular weight is 256 g/mol. The van der Waals surface area contributed by atoms with Crippen LogP contribution in [0.2, 0.25) is 0 Å². The predicted octanol–water partition coefficient (Wildman–Crippen LogP) is 1.53. The standard InChI is InChI=1S/C9H17F3N2O.C2H6/c10-9(11,12)6-14-5-8(7-15)1-3-13-4-2-8;1-2/h13-15H,1-7H2;1-2H3. The molecule has 1 fully saturated rings. The minimum Gasteiger partial charge on any atom is -0.396 e. The van der Waals surface area contributed by atoms with Gasteiger partial charge in [-0.1, -0.05) is 13.8 Å². The number of aliphatic hydroxyl groups excluding tert-OH is 1. The lowest BCUT2D eigenvalue weighted by Crippen LogP contribution is -2.47. The lowest BCUT2D eigenvalue weighted by molar-refractivity contribution is -0.126. The molecule has 0 radical (unpaired) electrons. The van der Waals surface area contributed by atoms with Gasteiger partial charge in [0.15, 0.2) is 0 Å². The van der Waals surface area contributed by atoms with E-state index in [1.165, 1.54) is 0 Å². The number of rotatable bonds is 4. The first-order valence-corrected chi connectivity index (χ1v) is 6.07.